The van der Waals surface area contributed by atoms with Gasteiger partial charge in [-0.15, -0.1) is 11.6 Å². The molecule has 5 nitrogen and oxygen atoms in total. The van der Waals surface area contributed by atoms with Gasteiger partial charge in [0.05, 0.1) is 30.1 Å². The number of hydrogen-bond acceptors (Lipinski definition) is 3. The molecule has 1 aliphatic rings. The molecular weight excluding hydrogens is 254 g/mol. The van der Waals surface area contributed by atoms with E-state index in [1.165, 1.54) is 0 Å². The van der Waals surface area contributed by atoms with Crippen molar-refractivity contribution in [3.8, 4) is 0 Å². The Hall–Kier alpha value is -1.07. The van der Waals surface area contributed by atoms with Gasteiger partial charge in [0.25, 0.3) is 5.91 Å². The Balaban J connectivity index is 2.17. The van der Waals surface area contributed by atoms with E-state index in [-0.39, 0.29) is 17.6 Å². The second-order valence-electron chi connectivity index (χ2n) is 5.23. The Kier molecular flexibility index (Phi) is 3.64. The van der Waals surface area contributed by atoms with E-state index in [0.29, 0.717) is 24.7 Å². The number of ether oxygens (including phenoxy) is 1. The maximum atomic E-state index is 12.4. The van der Waals surface area contributed by atoms with Crippen LogP contribution in [0.25, 0.3) is 0 Å². The Morgan fingerprint density at radius 3 is 2.94 bits per heavy atom. The highest BCUT2D eigenvalue weighted by Gasteiger charge is 2.36. The average molecular weight is 272 g/mol. The molecule has 2 rings (SSSR count). The van der Waals surface area contributed by atoms with Crippen LogP contribution < -0.4 is 0 Å². The van der Waals surface area contributed by atoms with Crippen molar-refractivity contribution in [3.63, 3.8) is 0 Å². The summed E-state index contributed by atoms with van der Waals surface area (Å²) in [5.41, 5.74) is 0.215. The molecule has 2 heterocycles. The first-order valence-corrected chi connectivity index (χ1v) is 6.46. The fourth-order valence-corrected chi connectivity index (χ4v) is 2.42. The molecule has 0 aromatic carbocycles. The number of nitrogens with zero attached hydrogens (tertiary/aromatic N) is 3. The summed E-state index contributed by atoms with van der Waals surface area (Å²) in [5, 5.41) is 0. The second kappa shape index (κ2) is 4.90. The predicted octanol–water partition coefficient (Wildman–Crippen LogP) is 1.28. The minimum atomic E-state index is -0.369. The van der Waals surface area contributed by atoms with Crippen molar-refractivity contribution in [1.29, 1.82) is 0 Å². The number of hydrogen-bond donors (Lipinski definition) is 0. The second-order valence-corrected chi connectivity index (χ2v) is 5.54. The van der Waals surface area contributed by atoms with Gasteiger partial charge in [-0.05, 0) is 13.8 Å². The summed E-state index contributed by atoms with van der Waals surface area (Å²) in [6, 6.07) is 0. The van der Waals surface area contributed by atoms with Crippen molar-refractivity contribution < 1.29 is 9.53 Å². The first-order valence-electron chi connectivity index (χ1n) is 5.92. The van der Waals surface area contributed by atoms with Crippen LogP contribution in [0.2, 0.25) is 0 Å². The number of carbonyl (C=O) groups excluding carboxylic acids is 1. The fourth-order valence-electron chi connectivity index (χ4n) is 2.26. The van der Waals surface area contributed by atoms with Crippen molar-refractivity contribution in [2.24, 2.45) is 7.05 Å². The molecule has 6 heteroatoms. The number of rotatable bonds is 2. The first-order chi connectivity index (χ1) is 8.43. The monoisotopic (exact) mass is 271 g/mol. The van der Waals surface area contributed by atoms with Crippen LogP contribution in [-0.4, -0.2) is 51.0 Å². The molecule has 0 spiro atoms. The summed E-state index contributed by atoms with van der Waals surface area (Å²) >= 11 is 5.85. The van der Waals surface area contributed by atoms with Crippen molar-refractivity contribution in [1.82, 2.24) is 14.5 Å². The van der Waals surface area contributed by atoms with Crippen LogP contribution in [-0.2, 0) is 11.8 Å². The summed E-state index contributed by atoms with van der Waals surface area (Å²) in [7, 11) is 1.81. The highest BCUT2D eigenvalue weighted by Crippen LogP contribution is 2.23. The lowest BCUT2D eigenvalue weighted by molar-refractivity contribution is -0.117. The molecule has 0 N–H and O–H groups in total. The molecule has 0 saturated carbocycles. The third-order valence-corrected chi connectivity index (χ3v) is 3.32. The van der Waals surface area contributed by atoms with Crippen LogP contribution in [0, 0.1) is 0 Å². The maximum Gasteiger partial charge on any atom is 0.272 e. The molecule has 0 bridgehead atoms. The quantitative estimate of drug-likeness (QED) is 0.762. The zero-order valence-electron chi connectivity index (χ0n) is 10.9. The molecule has 1 amide bonds. The lowest BCUT2D eigenvalue weighted by Gasteiger charge is -2.42. The van der Waals surface area contributed by atoms with E-state index < -0.39 is 0 Å². The minimum Gasteiger partial charge on any atom is -0.367 e. The first kappa shape index (κ1) is 13.4. The summed E-state index contributed by atoms with van der Waals surface area (Å²) < 4.78 is 7.53. The zero-order chi connectivity index (χ0) is 13.3. The molecule has 1 aliphatic heterocycles. The van der Waals surface area contributed by atoms with E-state index in [1.807, 2.05) is 20.9 Å². The van der Waals surface area contributed by atoms with Gasteiger partial charge in [0, 0.05) is 20.1 Å². The van der Waals surface area contributed by atoms with Crippen LogP contribution in [0.4, 0.5) is 0 Å². The number of alkyl halides is 1. The van der Waals surface area contributed by atoms with E-state index in [4.69, 9.17) is 16.3 Å². The van der Waals surface area contributed by atoms with Crippen molar-refractivity contribution in [2.45, 2.75) is 25.6 Å². The normalized spacial score (nSPS) is 23.1. The molecule has 1 saturated heterocycles. The number of imidazole rings is 1. The zero-order valence-corrected chi connectivity index (χ0v) is 11.6. The Bertz CT molecular complexity index is 444. The molecule has 1 aromatic rings. The van der Waals surface area contributed by atoms with E-state index in [1.54, 1.807) is 22.0 Å². The number of aryl methyl sites for hydroxylation is 1. The summed E-state index contributed by atoms with van der Waals surface area (Å²) in [5.74, 6) is 0.361. The molecule has 1 unspecified atom stereocenters. The lowest BCUT2D eigenvalue weighted by Crippen LogP contribution is -2.55. The van der Waals surface area contributed by atoms with Gasteiger partial charge in [0.1, 0.15) is 5.69 Å². The van der Waals surface area contributed by atoms with Gasteiger partial charge in [0.15, 0.2) is 0 Å². The fraction of sp³-hybridized carbons (Fsp3) is 0.667. The van der Waals surface area contributed by atoms with Gasteiger partial charge in [-0.25, -0.2) is 4.98 Å². The highest BCUT2D eigenvalue weighted by molar-refractivity contribution is 6.18. The Labute approximate surface area is 112 Å². The number of carbonyl (C=O) groups is 1. The highest BCUT2D eigenvalue weighted by atomic mass is 35.5. The van der Waals surface area contributed by atoms with Crippen molar-refractivity contribution in [2.75, 3.05) is 19.0 Å². The van der Waals surface area contributed by atoms with Crippen LogP contribution in [0.3, 0.4) is 0 Å². The molecule has 18 heavy (non-hydrogen) atoms. The van der Waals surface area contributed by atoms with Crippen LogP contribution in [0.5, 0.6) is 0 Å². The number of morpholine rings is 1. The maximum absolute atomic E-state index is 12.4. The average Bonchev–Trinajstić information content (AvgIpc) is 2.72. The number of aromatic nitrogens is 2. The molecule has 0 radical (unpaired) electrons. The van der Waals surface area contributed by atoms with Gasteiger partial charge >= 0.3 is 0 Å². The van der Waals surface area contributed by atoms with Gasteiger partial charge in [-0.2, -0.15) is 0 Å². The minimum absolute atomic E-state index is 0.0264. The molecule has 0 aliphatic carbocycles. The molecular formula is C12H18ClN3O2. The van der Waals surface area contributed by atoms with Gasteiger partial charge < -0.3 is 14.2 Å². The largest absolute Gasteiger partial charge is 0.367 e. The smallest absolute Gasteiger partial charge is 0.272 e. The lowest BCUT2D eigenvalue weighted by atomic mass is 10.1. The predicted molar refractivity (Wildman–Crippen MR) is 68.8 cm³/mol. The molecule has 100 valence electrons. The van der Waals surface area contributed by atoms with Crippen LogP contribution in [0.1, 0.15) is 24.3 Å². The number of amides is 1. The van der Waals surface area contributed by atoms with E-state index >= 15 is 0 Å². The molecule has 1 aromatic heterocycles. The topological polar surface area (TPSA) is 47.4 Å². The van der Waals surface area contributed by atoms with Gasteiger partial charge in [0.2, 0.25) is 0 Å². The Morgan fingerprint density at radius 2 is 2.39 bits per heavy atom. The van der Waals surface area contributed by atoms with Crippen molar-refractivity contribution >= 4 is 17.5 Å². The summed E-state index contributed by atoms with van der Waals surface area (Å²) in [6.45, 7) is 5.02. The third-order valence-electron chi connectivity index (χ3n) is 2.98. The van der Waals surface area contributed by atoms with Crippen LogP contribution in [0.15, 0.2) is 12.5 Å². The summed E-state index contributed by atoms with van der Waals surface area (Å²) in [6.07, 6.45) is 3.09. The van der Waals surface area contributed by atoms with Crippen molar-refractivity contribution in [3.05, 3.63) is 18.2 Å². The SMILES string of the molecule is Cn1cncc1C(=O)N1CC(CCl)OC(C)(C)C1. The summed E-state index contributed by atoms with van der Waals surface area (Å²) in [4.78, 5) is 18.2. The number of halogens is 1. The van der Waals surface area contributed by atoms with E-state index in [9.17, 15) is 4.79 Å². The van der Waals surface area contributed by atoms with Crippen LogP contribution >= 0.6 is 11.6 Å². The Morgan fingerprint density at radius 1 is 1.67 bits per heavy atom. The molecule has 1 atom stereocenters. The van der Waals surface area contributed by atoms with E-state index in [0.717, 1.165) is 0 Å². The van der Waals surface area contributed by atoms with E-state index in [2.05, 4.69) is 4.98 Å². The molecule has 1 fully saturated rings. The standard InChI is InChI=1S/C12H18ClN3O2/c1-12(2)7-16(6-9(4-13)18-12)11(17)10-5-14-8-15(10)3/h5,8-9H,4,6-7H2,1-3H3. The van der Waals surface area contributed by atoms with Gasteiger partial charge in [-0.3, -0.25) is 4.79 Å². The third kappa shape index (κ3) is 2.67. The van der Waals surface area contributed by atoms with Gasteiger partial charge in [-0.1, -0.05) is 0 Å².